The molecule has 32 heavy (non-hydrogen) atoms. The summed E-state index contributed by atoms with van der Waals surface area (Å²) in [7, 11) is 1.36. The molecule has 1 aliphatic heterocycles. The lowest BCUT2D eigenvalue weighted by molar-refractivity contribution is -0.131. The minimum absolute atomic E-state index is 0.0324. The van der Waals surface area contributed by atoms with E-state index in [4.69, 9.17) is 14.7 Å². The number of fused-ring (bicyclic) bond motifs is 1. The Morgan fingerprint density at radius 1 is 1.41 bits per heavy atom. The molecule has 0 bridgehead atoms. The average molecular weight is 449 g/mol. The van der Waals surface area contributed by atoms with Crippen molar-refractivity contribution >= 4 is 22.7 Å². The van der Waals surface area contributed by atoms with Crippen LogP contribution in [0, 0.1) is 11.3 Å². The number of methoxy groups -OCH3 is 1. The van der Waals surface area contributed by atoms with E-state index in [1.54, 1.807) is 24.3 Å². The summed E-state index contributed by atoms with van der Waals surface area (Å²) < 4.78 is 50.3. The number of carbonyl (C=O) groups excluding carboxylic acids is 2. The third-order valence-corrected chi connectivity index (χ3v) is 5.04. The second kappa shape index (κ2) is 9.82. The number of alkyl halides is 3. The fraction of sp³-hybridized carbons (Fsp3) is 0.429. The molecular formula is C21H21F3N4O4. The molecule has 170 valence electrons. The molecule has 1 aromatic heterocycles. The predicted molar refractivity (Wildman–Crippen MR) is 107 cm³/mol. The predicted octanol–water partition coefficient (Wildman–Crippen LogP) is 2.09. The van der Waals surface area contributed by atoms with Crippen molar-refractivity contribution in [2.75, 3.05) is 33.5 Å². The lowest BCUT2D eigenvalue weighted by atomic mass is 10.1. The van der Waals surface area contributed by atoms with Crippen LogP contribution in [0.15, 0.2) is 30.5 Å². The Bertz CT molecular complexity index is 1040. The van der Waals surface area contributed by atoms with Gasteiger partial charge in [0, 0.05) is 25.1 Å². The van der Waals surface area contributed by atoms with Gasteiger partial charge in [-0.05, 0) is 24.3 Å². The van der Waals surface area contributed by atoms with Gasteiger partial charge >= 0.3 is 0 Å². The summed E-state index contributed by atoms with van der Waals surface area (Å²) >= 11 is 0. The fourth-order valence-electron chi connectivity index (χ4n) is 3.32. The Hall–Kier alpha value is -3.39. The highest BCUT2D eigenvalue weighted by atomic mass is 19.3. The van der Waals surface area contributed by atoms with Crippen LogP contribution in [-0.2, 0) is 9.53 Å². The van der Waals surface area contributed by atoms with Crippen molar-refractivity contribution < 1.29 is 32.2 Å². The SMILES string of the molecule is COC(C[18F])COc1ccc2nccc(C(=O)NCC(=O)N3CC(F)(F)C[C@H]3C#N)c2c1. The summed E-state index contributed by atoms with van der Waals surface area (Å²) in [6.07, 6.45) is -0.0486. The normalized spacial score (nSPS) is 18.2. The van der Waals surface area contributed by atoms with Crippen LogP contribution in [0.1, 0.15) is 16.8 Å². The van der Waals surface area contributed by atoms with Gasteiger partial charge in [-0.1, -0.05) is 0 Å². The number of aromatic nitrogens is 1. The zero-order chi connectivity index (χ0) is 23.3. The summed E-state index contributed by atoms with van der Waals surface area (Å²) in [5, 5.41) is 11.8. The number of rotatable bonds is 8. The summed E-state index contributed by atoms with van der Waals surface area (Å²) in [6.45, 7) is -2.16. The molecule has 2 heterocycles. The van der Waals surface area contributed by atoms with Crippen LogP contribution in [0.25, 0.3) is 10.9 Å². The maximum Gasteiger partial charge on any atom is 0.268 e. The summed E-state index contributed by atoms with van der Waals surface area (Å²) in [5.74, 6) is -4.17. The first-order valence-corrected chi connectivity index (χ1v) is 9.73. The van der Waals surface area contributed by atoms with Crippen molar-refractivity contribution in [1.82, 2.24) is 15.2 Å². The van der Waals surface area contributed by atoms with Crippen LogP contribution in [0.3, 0.4) is 0 Å². The van der Waals surface area contributed by atoms with E-state index in [9.17, 15) is 22.8 Å². The standard InChI is InChI=1S/C21H21F3N4O4/c1-31-15(8-22)11-32-14-2-3-18-17(6-14)16(4-5-26-18)20(30)27-10-19(29)28-12-21(23,24)7-13(28)9-25/h2-6,13,15H,7-8,10-12H2,1H3,(H,27,30)/t13-,15?/m0/s1/i22-1. The number of likely N-dealkylation sites (tertiary alicyclic amines) is 1. The smallest absolute Gasteiger partial charge is 0.268 e. The minimum atomic E-state index is -3.14. The van der Waals surface area contributed by atoms with Gasteiger partial charge in [0.15, 0.2) is 0 Å². The Morgan fingerprint density at radius 3 is 2.88 bits per heavy atom. The van der Waals surface area contributed by atoms with E-state index in [2.05, 4.69) is 10.3 Å². The number of nitrogens with zero attached hydrogens (tertiary/aromatic N) is 3. The molecule has 0 spiro atoms. The number of benzene rings is 1. The van der Waals surface area contributed by atoms with E-state index in [1.807, 2.05) is 0 Å². The molecule has 0 radical (unpaired) electrons. The zero-order valence-electron chi connectivity index (χ0n) is 17.2. The largest absolute Gasteiger partial charge is 0.491 e. The third-order valence-electron chi connectivity index (χ3n) is 5.04. The molecule has 1 aromatic carbocycles. The molecule has 2 aromatic rings. The van der Waals surface area contributed by atoms with E-state index in [0.29, 0.717) is 16.7 Å². The highest BCUT2D eigenvalue weighted by molar-refractivity contribution is 6.07. The lowest BCUT2D eigenvalue weighted by Gasteiger charge is -2.19. The number of hydrogen-bond donors (Lipinski definition) is 1. The van der Waals surface area contributed by atoms with Gasteiger partial charge in [-0.25, -0.2) is 13.2 Å². The number of carbonyl (C=O) groups is 2. The summed E-state index contributed by atoms with van der Waals surface area (Å²) in [6, 6.07) is 6.67. The van der Waals surface area contributed by atoms with E-state index in [0.717, 1.165) is 4.90 Å². The van der Waals surface area contributed by atoms with Gasteiger partial charge in [0.05, 0.1) is 30.2 Å². The molecule has 2 atom stereocenters. The van der Waals surface area contributed by atoms with Gasteiger partial charge in [0.25, 0.3) is 11.8 Å². The molecule has 1 saturated heterocycles. The second-order valence-electron chi connectivity index (χ2n) is 7.27. The molecule has 0 aliphatic carbocycles. The van der Waals surface area contributed by atoms with Crippen molar-refractivity contribution in [1.29, 1.82) is 5.26 Å². The number of nitrogens with one attached hydrogen (secondary N) is 1. The number of halogens is 3. The molecule has 1 N–H and O–H groups in total. The quantitative estimate of drug-likeness (QED) is 0.662. The van der Waals surface area contributed by atoms with E-state index < -0.39 is 56.1 Å². The van der Waals surface area contributed by atoms with Crippen molar-refractivity contribution in [2.24, 2.45) is 0 Å². The van der Waals surface area contributed by atoms with Crippen LogP contribution >= 0.6 is 0 Å². The molecule has 1 aliphatic rings. The van der Waals surface area contributed by atoms with Crippen LogP contribution in [0.4, 0.5) is 13.2 Å². The highest BCUT2D eigenvalue weighted by Crippen LogP contribution is 2.31. The molecule has 3 rings (SSSR count). The maximum absolute atomic E-state index is 13.5. The Labute approximate surface area is 181 Å². The van der Waals surface area contributed by atoms with Crippen LogP contribution in [-0.4, -0.2) is 73.2 Å². The Morgan fingerprint density at radius 2 is 2.19 bits per heavy atom. The first-order chi connectivity index (χ1) is 15.3. The molecule has 1 fully saturated rings. The molecular weight excluding hydrogens is 428 g/mol. The van der Waals surface area contributed by atoms with Gasteiger partial charge in [-0.15, -0.1) is 0 Å². The van der Waals surface area contributed by atoms with Crippen LogP contribution in [0.2, 0.25) is 0 Å². The Kier molecular flexibility index (Phi) is 7.15. The molecule has 11 heteroatoms. The molecule has 0 saturated carbocycles. The average Bonchev–Trinajstić information content (AvgIpc) is 3.12. The van der Waals surface area contributed by atoms with Gasteiger partial charge in [-0.3, -0.25) is 14.6 Å². The lowest BCUT2D eigenvalue weighted by Crippen LogP contribution is -2.43. The number of amides is 2. The third kappa shape index (κ3) is 5.26. The van der Waals surface area contributed by atoms with Gasteiger partial charge in [0.2, 0.25) is 5.91 Å². The van der Waals surface area contributed by atoms with Crippen molar-refractivity contribution in [3.63, 3.8) is 0 Å². The molecule has 8 nitrogen and oxygen atoms in total. The number of ether oxygens (including phenoxy) is 2. The van der Waals surface area contributed by atoms with Crippen LogP contribution < -0.4 is 10.1 Å². The first-order valence-electron chi connectivity index (χ1n) is 9.73. The fourth-order valence-corrected chi connectivity index (χ4v) is 3.32. The van der Waals surface area contributed by atoms with Gasteiger partial charge < -0.3 is 19.7 Å². The van der Waals surface area contributed by atoms with Crippen molar-refractivity contribution in [3.8, 4) is 11.8 Å². The van der Waals surface area contributed by atoms with Crippen molar-refractivity contribution in [3.05, 3.63) is 36.0 Å². The minimum Gasteiger partial charge on any atom is -0.491 e. The van der Waals surface area contributed by atoms with Crippen molar-refractivity contribution in [2.45, 2.75) is 24.5 Å². The van der Waals surface area contributed by atoms with E-state index in [1.165, 1.54) is 19.4 Å². The van der Waals surface area contributed by atoms with Gasteiger partial charge in [-0.2, -0.15) is 5.26 Å². The van der Waals surface area contributed by atoms with E-state index >= 15 is 0 Å². The Balaban J connectivity index is 1.71. The van der Waals surface area contributed by atoms with E-state index in [-0.39, 0.29) is 12.2 Å². The van der Waals surface area contributed by atoms with Crippen LogP contribution in [0.5, 0.6) is 5.75 Å². The summed E-state index contributed by atoms with van der Waals surface area (Å²) in [4.78, 5) is 30.0. The number of hydrogen-bond acceptors (Lipinski definition) is 6. The molecule has 1 unspecified atom stereocenters. The molecule has 2 amide bonds. The topological polar surface area (TPSA) is 105 Å². The second-order valence-corrected chi connectivity index (χ2v) is 7.27. The summed E-state index contributed by atoms with van der Waals surface area (Å²) in [5.41, 5.74) is 0.666. The van der Waals surface area contributed by atoms with Gasteiger partial charge in [0.1, 0.15) is 31.2 Å². The number of nitriles is 1. The maximum atomic E-state index is 13.5. The number of pyridine rings is 1. The zero-order valence-corrected chi connectivity index (χ0v) is 17.2. The first kappa shape index (κ1) is 23.3. The highest BCUT2D eigenvalue weighted by Gasteiger charge is 2.47. The monoisotopic (exact) mass is 449 g/mol.